The molecule has 0 radical (unpaired) electrons. The molecule has 2 nitrogen and oxygen atoms in total. The Morgan fingerprint density at radius 3 is 1.67 bits per heavy atom. The molecule has 2 aliphatic rings. The minimum atomic E-state index is -0.430. The van der Waals surface area contributed by atoms with Crippen LogP contribution in [0.15, 0.2) is 205 Å². The third-order valence-electron chi connectivity index (χ3n) is 12.1. The number of fused-ring (bicyclic) bond motifs is 15. The number of hydrogen-bond donors (Lipinski definition) is 0. The smallest absolute Gasteiger partial charge is 0.143 e. The lowest BCUT2D eigenvalue weighted by Gasteiger charge is -2.32. The summed E-state index contributed by atoms with van der Waals surface area (Å²) in [6.07, 6.45) is 0. The highest BCUT2D eigenvalue weighted by atomic mass is 16.3. The van der Waals surface area contributed by atoms with Gasteiger partial charge in [-0.2, -0.15) is 0 Å². The van der Waals surface area contributed by atoms with Crippen LogP contribution < -0.4 is 4.90 Å². The maximum atomic E-state index is 6.81. The summed E-state index contributed by atoms with van der Waals surface area (Å²) in [5, 5.41) is 4.44. The van der Waals surface area contributed by atoms with Crippen LogP contribution in [0.4, 0.5) is 17.1 Å². The van der Waals surface area contributed by atoms with Gasteiger partial charge in [-0.1, -0.05) is 164 Å². The van der Waals surface area contributed by atoms with E-state index in [2.05, 4.69) is 205 Å². The summed E-state index contributed by atoms with van der Waals surface area (Å²) in [5.74, 6) is 0. The molecule has 9 aromatic carbocycles. The van der Waals surface area contributed by atoms with E-state index in [0.29, 0.717) is 0 Å². The van der Waals surface area contributed by atoms with E-state index in [1.165, 1.54) is 50.1 Å². The van der Waals surface area contributed by atoms with E-state index in [4.69, 9.17) is 4.42 Å². The maximum Gasteiger partial charge on any atom is 0.143 e. The summed E-state index contributed by atoms with van der Waals surface area (Å²) in [4.78, 5) is 2.49. The van der Waals surface area contributed by atoms with Crippen LogP contribution in [0.2, 0.25) is 0 Å². The van der Waals surface area contributed by atoms with Crippen molar-refractivity contribution >= 4 is 49.8 Å². The van der Waals surface area contributed by atoms with Crippen molar-refractivity contribution in [2.75, 3.05) is 4.90 Å². The highest BCUT2D eigenvalue weighted by Gasteiger charge is 2.52. The van der Waals surface area contributed by atoms with Crippen molar-refractivity contribution < 1.29 is 4.42 Å². The molecule has 0 amide bonds. The number of furan rings is 1. The Morgan fingerprint density at radius 1 is 0.364 bits per heavy atom. The molecule has 0 unspecified atom stereocenters. The fraction of sp³-hybridized carbons (Fsp3) is 0.0189. The van der Waals surface area contributed by atoms with Crippen LogP contribution in [0, 0.1) is 0 Å². The topological polar surface area (TPSA) is 16.4 Å². The molecule has 55 heavy (non-hydrogen) atoms. The predicted molar refractivity (Wildman–Crippen MR) is 228 cm³/mol. The zero-order chi connectivity index (χ0) is 36.1. The highest BCUT2D eigenvalue weighted by molar-refractivity contribution is 6.20. The van der Waals surface area contributed by atoms with Crippen LogP contribution in [0.3, 0.4) is 0 Å². The van der Waals surface area contributed by atoms with Gasteiger partial charge < -0.3 is 9.32 Å². The second-order valence-corrected chi connectivity index (χ2v) is 14.8. The Morgan fingerprint density at radius 2 is 0.945 bits per heavy atom. The molecule has 0 N–H and O–H groups in total. The van der Waals surface area contributed by atoms with Gasteiger partial charge in [0.1, 0.15) is 11.2 Å². The first-order chi connectivity index (χ1) is 27.3. The lowest BCUT2D eigenvalue weighted by atomic mass is 9.70. The molecule has 0 saturated heterocycles. The molecule has 2 heteroatoms. The second-order valence-electron chi connectivity index (χ2n) is 14.8. The zero-order valence-electron chi connectivity index (χ0n) is 29.9. The first-order valence-corrected chi connectivity index (χ1v) is 19.0. The Hall–Kier alpha value is -7.16. The minimum absolute atomic E-state index is 0.430. The largest absolute Gasteiger partial charge is 0.455 e. The van der Waals surface area contributed by atoms with Crippen molar-refractivity contribution in [3.63, 3.8) is 0 Å². The molecule has 1 aromatic heterocycles. The van der Waals surface area contributed by atoms with E-state index >= 15 is 0 Å². The number of rotatable bonds is 4. The summed E-state index contributed by atoms with van der Waals surface area (Å²) in [7, 11) is 0. The van der Waals surface area contributed by atoms with Gasteiger partial charge in [-0.3, -0.25) is 0 Å². The molecule has 1 spiro atoms. The number of para-hydroxylation sites is 1. The average molecular weight is 700 g/mol. The van der Waals surface area contributed by atoms with E-state index in [0.717, 1.165) is 55.3 Å². The zero-order valence-corrected chi connectivity index (χ0v) is 29.9. The van der Waals surface area contributed by atoms with Gasteiger partial charge >= 0.3 is 0 Å². The lowest BCUT2D eigenvalue weighted by molar-refractivity contribution is 0.673. The highest BCUT2D eigenvalue weighted by Crippen LogP contribution is 2.64. The quantitative estimate of drug-likeness (QED) is 0.182. The van der Waals surface area contributed by atoms with Crippen molar-refractivity contribution in [2.45, 2.75) is 5.41 Å². The van der Waals surface area contributed by atoms with Crippen LogP contribution in [0.1, 0.15) is 22.3 Å². The molecule has 0 bridgehead atoms. The van der Waals surface area contributed by atoms with Gasteiger partial charge in [0.2, 0.25) is 0 Å². The maximum absolute atomic E-state index is 6.81. The van der Waals surface area contributed by atoms with Gasteiger partial charge in [0.15, 0.2) is 0 Å². The summed E-state index contributed by atoms with van der Waals surface area (Å²) < 4.78 is 6.81. The van der Waals surface area contributed by atoms with Gasteiger partial charge in [-0.15, -0.1) is 0 Å². The average Bonchev–Trinajstić information content (AvgIpc) is 3.89. The molecule has 0 aliphatic heterocycles. The molecule has 10 aromatic rings. The molecule has 0 fully saturated rings. The van der Waals surface area contributed by atoms with Gasteiger partial charge in [0, 0.05) is 32.8 Å². The Labute approximate surface area is 319 Å². The normalized spacial score (nSPS) is 13.2. The number of nitrogens with zero attached hydrogens (tertiary/aromatic N) is 1. The Kier molecular flexibility index (Phi) is 6.29. The lowest BCUT2D eigenvalue weighted by Crippen LogP contribution is -2.26. The number of anilines is 3. The van der Waals surface area contributed by atoms with Crippen molar-refractivity contribution in [1.82, 2.24) is 0 Å². The standard InChI is InChI=1S/C53H33NO/c1-3-16-34(17-4-1)35-30-31-40-43-33-49(39-22-7-8-23-41(39)52(43)55-50(40)32-35)54(36-18-5-2-6-19-36)48-29-15-28-47-51(48)42-24-11-14-27-46(42)53(47)44-25-12-9-20-37(44)38-21-10-13-26-45(38)53/h1-33H. The third kappa shape index (κ3) is 4.08. The third-order valence-corrected chi connectivity index (χ3v) is 12.1. The molecular weight excluding hydrogens is 667 g/mol. The monoisotopic (exact) mass is 699 g/mol. The van der Waals surface area contributed by atoms with Crippen molar-refractivity contribution in [1.29, 1.82) is 0 Å². The predicted octanol–water partition coefficient (Wildman–Crippen LogP) is 14.2. The van der Waals surface area contributed by atoms with Gasteiger partial charge in [0.05, 0.1) is 16.8 Å². The SMILES string of the molecule is c1ccc(-c2ccc3c(c2)oc2c4ccccc4c(N(c4ccccc4)c4cccc5c4-c4ccccc4C54c5ccccc5-c5ccccc54)cc32)cc1. The fourth-order valence-electron chi connectivity index (χ4n) is 9.87. The fourth-order valence-corrected chi connectivity index (χ4v) is 9.87. The van der Waals surface area contributed by atoms with Crippen molar-refractivity contribution in [3.8, 4) is 33.4 Å². The molecular formula is C53H33NO. The van der Waals surface area contributed by atoms with Crippen LogP contribution in [-0.4, -0.2) is 0 Å². The first-order valence-electron chi connectivity index (χ1n) is 19.0. The van der Waals surface area contributed by atoms with Crippen molar-refractivity contribution in [3.05, 3.63) is 222 Å². The van der Waals surface area contributed by atoms with Gasteiger partial charge in [-0.05, 0) is 86.5 Å². The van der Waals surface area contributed by atoms with Gasteiger partial charge in [-0.25, -0.2) is 0 Å². The Bertz CT molecular complexity index is 3110. The molecule has 2 aliphatic carbocycles. The molecule has 12 rings (SSSR count). The van der Waals surface area contributed by atoms with E-state index in [1.54, 1.807) is 0 Å². The van der Waals surface area contributed by atoms with E-state index in [-0.39, 0.29) is 0 Å². The van der Waals surface area contributed by atoms with Crippen LogP contribution in [0.5, 0.6) is 0 Å². The second kappa shape index (κ2) is 11.4. The summed E-state index contributed by atoms with van der Waals surface area (Å²) in [5.41, 5.74) is 17.6. The van der Waals surface area contributed by atoms with Gasteiger partial charge in [0.25, 0.3) is 0 Å². The molecule has 0 atom stereocenters. The van der Waals surface area contributed by atoms with E-state index in [9.17, 15) is 0 Å². The summed E-state index contributed by atoms with van der Waals surface area (Å²) >= 11 is 0. The first kappa shape index (κ1) is 30.3. The minimum Gasteiger partial charge on any atom is -0.455 e. The van der Waals surface area contributed by atoms with E-state index < -0.39 is 5.41 Å². The number of hydrogen-bond acceptors (Lipinski definition) is 2. The summed E-state index contributed by atoms with van der Waals surface area (Å²) in [6, 6.07) is 73.1. The van der Waals surface area contributed by atoms with E-state index in [1.807, 2.05) is 0 Å². The van der Waals surface area contributed by atoms with Crippen LogP contribution in [-0.2, 0) is 5.41 Å². The van der Waals surface area contributed by atoms with Crippen LogP contribution in [0.25, 0.3) is 66.1 Å². The summed E-state index contributed by atoms with van der Waals surface area (Å²) in [6.45, 7) is 0. The van der Waals surface area contributed by atoms with Crippen LogP contribution >= 0.6 is 0 Å². The molecule has 1 heterocycles. The molecule has 0 saturated carbocycles. The van der Waals surface area contributed by atoms with Crippen molar-refractivity contribution in [2.24, 2.45) is 0 Å². The Balaban J connectivity index is 1.17. The number of benzene rings is 9. The molecule has 256 valence electrons.